The highest BCUT2D eigenvalue weighted by atomic mass is 32.1. The first-order chi connectivity index (χ1) is 9.72. The zero-order valence-corrected chi connectivity index (χ0v) is 12.2. The molecular formula is C13H17N5OS. The second-order valence-electron chi connectivity index (χ2n) is 4.95. The van der Waals surface area contributed by atoms with Crippen LogP contribution in [0.1, 0.15) is 22.2 Å². The zero-order valence-electron chi connectivity index (χ0n) is 11.4. The van der Waals surface area contributed by atoms with E-state index in [2.05, 4.69) is 30.4 Å². The van der Waals surface area contributed by atoms with Gasteiger partial charge in [0.2, 0.25) is 5.95 Å². The van der Waals surface area contributed by atoms with E-state index in [9.17, 15) is 4.79 Å². The number of nitrogens with zero attached hydrogens (tertiary/aromatic N) is 4. The van der Waals surface area contributed by atoms with Gasteiger partial charge in [-0.3, -0.25) is 9.69 Å². The minimum Gasteiger partial charge on any atom is -0.339 e. The number of aromatic nitrogens is 3. The molecule has 0 atom stereocenters. The molecule has 0 aromatic carbocycles. The zero-order chi connectivity index (χ0) is 13.9. The number of carbonyl (C=O) groups is 1. The molecule has 0 spiro atoms. The summed E-state index contributed by atoms with van der Waals surface area (Å²) in [5.74, 6) is 0.996. The van der Waals surface area contributed by atoms with Gasteiger partial charge < -0.3 is 4.90 Å². The lowest BCUT2D eigenvalue weighted by molar-refractivity contribution is 0.102. The third kappa shape index (κ3) is 2.88. The van der Waals surface area contributed by atoms with E-state index < -0.39 is 0 Å². The molecule has 1 fully saturated rings. The van der Waals surface area contributed by atoms with Gasteiger partial charge in [-0.2, -0.15) is 10.1 Å². The average Bonchev–Trinajstić information content (AvgIpc) is 3.10. The molecule has 3 heterocycles. The van der Waals surface area contributed by atoms with Crippen LogP contribution in [0, 0.1) is 0 Å². The number of aromatic amines is 1. The van der Waals surface area contributed by atoms with Crippen LogP contribution in [0.2, 0.25) is 0 Å². The number of thiophene rings is 1. The number of nitrogens with one attached hydrogen (secondary N) is 1. The fourth-order valence-electron chi connectivity index (χ4n) is 2.37. The Morgan fingerprint density at radius 2 is 2.20 bits per heavy atom. The van der Waals surface area contributed by atoms with Gasteiger partial charge in [0, 0.05) is 32.7 Å². The Hall–Kier alpha value is -1.73. The first-order valence-electron chi connectivity index (χ1n) is 6.63. The molecule has 7 heteroatoms. The highest BCUT2D eigenvalue weighted by Gasteiger charge is 2.19. The summed E-state index contributed by atoms with van der Waals surface area (Å²) in [4.78, 5) is 20.9. The predicted molar refractivity (Wildman–Crippen MR) is 78.2 cm³/mol. The van der Waals surface area contributed by atoms with Gasteiger partial charge in [0.1, 0.15) is 6.33 Å². The summed E-state index contributed by atoms with van der Waals surface area (Å²) >= 11 is 1.53. The molecule has 3 rings (SSSR count). The first-order valence-corrected chi connectivity index (χ1v) is 7.51. The summed E-state index contributed by atoms with van der Waals surface area (Å²) in [6.07, 6.45) is 1.54. The van der Waals surface area contributed by atoms with Gasteiger partial charge in [0.25, 0.3) is 0 Å². The van der Waals surface area contributed by atoms with E-state index in [1.54, 1.807) is 6.92 Å². The summed E-state index contributed by atoms with van der Waals surface area (Å²) in [6.45, 7) is 6.40. The molecule has 0 radical (unpaired) electrons. The number of ketones is 1. The van der Waals surface area contributed by atoms with Gasteiger partial charge >= 0.3 is 0 Å². The quantitative estimate of drug-likeness (QED) is 0.862. The van der Waals surface area contributed by atoms with Crippen molar-refractivity contribution in [2.45, 2.75) is 13.5 Å². The molecule has 0 saturated carbocycles. The topological polar surface area (TPSA) is 65.1 Å². The first kappa shape index (κ1) is 13.3. The molecular weight excluding hydrogens is 274 g/mol. The predicted octanol–water partition coefficient (Wildman–Crippen LogP) is 1.39. The summed E-state index contributed by atoms with van der Waals surface area (Å²) in [7, 11) is 0. The van der Waals surface area contributed by atoms with Crippen LogP contribution in [0.5, 0.6) is 0 Å². The largest absolute Gasteiger partial charge is 0.339 e. The summed E-state index contributed by atoms with van der Waals surface area (Å²) < 4.78 is 0. The number of hydrogen-bond donors (Lipinski definition) is 1. The maximum Gasteiger partial charge on any atom is 0.221 e. The van der Waals surface area contributed by atoms with Crippen molar-refractivity contribution in [2.24, 2.45) is 0 Å². The van der Waals surface area contributed by atoms with Crippen molar-refractivity contribution >= 4 is 23.1 Å². The van der Waals surface area contributed by atoms with E-state index in [0.717, 1.165) is 43.5 Å². The monoisotopic (exact) mass is 291 g/mol. The number of carbonyl (C=O) groups excluding carboxylic acids is 1. The number of anilines is 1. The summed E-state index contributed by atoms with van der Waals surface area (Å²) in [5, 5.41) is 8.86. The molecule has 0 amide bonds. The van der Waals surface area contributed by atoms with E-state index in [1.165, 1.54) is 23.2 Å². The Bertz CT molecular complexity index is 571. The standard InChI is InChI=1S/C13H17N5OS/c1-10(19)12-6-11(8-20-12)7-17-2-4-18(5-3-17)13-14-9-15-16-13/h6,8-9H,2-5,7H2,1H3,(H,14,15,16). The molecule has 1 saturated heterocycles. The molecule has 1 N–H and O–H groups in total. The fraction of sp³-hybridized carbons (Fsp3) is 0.462. The van der Waals surface area contributed by atoms with Gasteiger partial charge in [0.05, 0.1) is 4.88 Å². The maximum absolute atomic E-state index is 11.3. The number of Topliss-reactive ketones (excluding diaryl/α,β-unsaturated/α-hetero) is 1. The Morgan fingerprint density at radius 3 is 2.80 bits per heavy atom. The normalized spacial score (nSPS) is 16.6. The van der Waals surface area contributed by atoms with Crippen LogP contribution in [0.4, 0.5) is 5.95 Å². The van der Waals surface area contributed by atoms with Gasteiger partial charge in [-0.1, -0.05) is 0 Å². The van der Waals surface area contributed by atoms with Crippen LogP contribution >= 0.6 is 11.3 Å². The molecule has 0 bridgehead atoms. The molecule has 0 unspecified atom stereocenters. The van der Waals surface area contributed by atoms with Crippen LogP contribution in [0.3, 0.4) is 0 Å². The molecule has 1 aliphatic heterocycles. The van der Waals surface area contributed by atoms with Crippen molar-refractivity contribution in [3.8, 4) is 0 Å². The van der Waals surface area contributed by atoms with Crippen LogP contribution in [-0.4, -0.2) is 52.0 Å². The maximum atomic E-state index is 11.3. The second-order valence-corrected chi connectivity index (χ2v) is 5.86. The van der Waals surface area contributed by atoms with Crippen molar-refractivity contribution in [1.82, 2.24) is 20.1 Å². The smallest absolute Gasteiger partial charge is 0.221 e. The SMILES string of the molecule is CC(=O)c1cc(CN2CCN(c3ncn[nH]3)CC2)cs1. The lowest BCUT2D eigenvalue weighted by Crippen LogP contribution is -2.46. The van der Waals surface area contributed by atoms with Gasteiger partial charge in [0.15, 0.2) is 5.78 Å². The molecule has 2 aromatic rings. The van der Waals surface area contributed by atoms with E-state index >= 15 is 0 Å². The Morgan fingerprint density at radius 1 is 1.40 bits per heavy atom. The molecule has 1 aliphatic rings. The highest BCUT2D eigenvalue weighted by molar-refractivity contribution is 7.12. The Kier molecular flexibility index (Phi) is 3.79. The van der Waals surface area contributed by atoms with E-state index in [-0.39, 0.29) is 5.78 Å². The number of rotatable bonds is 4. The third-order valence-corrected chi connectivity index (χ3v) is 4.56. The van der Waals surface area contributed by atoms with Crippen molar-refractivity contribution < 1.29 is 4.79 Å². The van der Waals surface area contributed by atoms with E-state index in [1.807, 2.05) is 6.07 Å². The lowest BCUT2D eigenvalue weighted by Gasteiger charge is -2.34. The third-order valence-electron chi connectivity index (χ3n) is 3.48. The lowest BCUT2D eigenvalue weighted by atomic mass is 10.2. The van der Waals surface area contributed by atoms with Crippen LogP contribution in [-0.2, 0) is 6.54 Å². The molecule has 6 nitrogen and oxygen atoms in total. The molecule has 20 heavy (non-hydrogen) atoms. The van der Waals surface area contributed by atoms with Crippen molar-refractivity contribution in [3.63, 3.8) is 0 Å². The fourth-order valence-corrected chi connectivity index (χ4v) is 3.18. The van der Waals surface area contributed by atoms with Gasteiger partial charge in [-0.25, -0.2) is 5.10 Å². The minimum absolute atomic E-state index is 0.149. The summed E-state index contributed by atoms with van der Waals surface area (Å²) in [6, 6.07) is 2.01. The average molecular weight is 291 g/mol. The Labute approximate surface area is 121 Å². The van der Waals surface area contributed by atoms with E-state index in [0.29, 0.717) is 0 Å². The van der Waals surface area contributed by atoms with Crippen LogP contribution < -0.4 is 4.90 Å². The van der Waals surface area contributed by atoms with Gasteiger partial charge in [-0.05, 0) is 23.9 Å². The second kappa shape index (κ2) is 5.72. The number of H-pyrrole nitrogens is 1. The molecule has 2 aromatic heterocycles. The molecule has 0 aliphatic carbocycles. The van der Waals surface area contributed by atoms with Crippen molar-refractivity contribution in [2.75, 3.05) is 31.1 Å². The van der Waals surface area contributed by atoms with Crippen LogP contribution in [0.25, 0.3) is 0 Å². The Balaban J connectivity index is 1.54. The van der Waals surface area contributed by atoms with Crippen LogP contribution in [0.15, 0.2) is 17.8 Å². The minimum atomic E-state index is 0.149. The van der Waals surface area contributed by atoms with Crippen molar-refractivity contribution in [1.29, 1.82) is 0 Å². The summed E-state index contributed by atoms with van der Waals surface area (Å²) in [5.41, 5.74) is 1.23. The van der Waals surface area contributed by atoms with Gasteiger partial charge in [-0.15, -0.1) is 11.3 Å². The number of hydrogen-bond acceptors (Lipinski definition) is 6. The number of piperazine rings is 1. The van der Waals surface area contributed by atoms with Crippen molar-refractivity contribution in [3.05, 3.63) is 28.2 Å². The molecule has 106 valence electrons. The highest BCUT2D eigenvalue weighted by Crippen LogP contribution is 2.18. The van der Waals surface area contributed by atoms with E-state index in [4.69, 9.17) is 0 Å².